The van der Waals surface area contributed by atoms with Crippen molar-refractivity contribution in [2.45, 2.75) is 4.90 Å². The molecule has 1 N–H and O–H groups in total. The zero-order chi connectivity index (χ0) is 21.2. The van der Waals surface area contributed by atoms with Crippen LogP contribution >= 0.6 is 0 Å². The van der Waals surface area contributed by atoms with Gasteiger partial charge in [0.25, 0.3) is 5.91 Å². The first-order valence-corrected chi connectivity index (χ1v) is 10.2. The van der Waals surface area contributed by atoms with Gasteiger partial charge in [0.1, 0.15) is 16.4 Å². The number of hydrogen-bond acceptors (Lipinski definition) is 5. The van der Waals surface area contributed by atoms with Crippen molar-refractivity contribution in [1.82, 2.24) is 4.31 Å². The number of amides is 1. The number of nitrogens with zero attached hydrogens (tertiary/aromatic N) is 1. The summed E-state index contributed by atoms with van der Waals surface area (Å²) >= 11 is 0. The third kappa shape index (κ3) is 4.18. The van der Waals surface area contributed by atoms with Crippen LogP contribution in [0.1, 0.15) is 10.4 Å². The lowest BCUT2D eigenvalue weighted by Crippen LogP contribution is -2.23. The number of nitrogens with one attached hydrogen (secondary N) is 1. The van der Waals surface area contributed by atoms with E-state index in [0.717, 1.165) is 20.8 Å². The Morgan fingerprint density at radius 2 is 1.59 bits per heavy atom. The summed E-state index contributed by atoms with van der Waals surface area (Å²) < 4.78 is 36.6. The van der Waals surface area contributed by atoms with Gasteiger partial charge in [0.2, 0.25) is 10.0 Å². The van der Waals surface area contributed by atoms with Crippen LogP contribution in [0.3, 0.4) is 0 Å². The first-order valence-electron chi connectivity index (χ1n) is 8.76. The predicted molar refractivity (Wildman–Crippen MR) is 112 cm³/mol. The Morgan fingerprint density at radius 3 is 2.24 bits per heavy atom. The van der Waals surface area contributed by atoms with E-state index in [1.165, 1.54) is 33.3 Å². The molecular formula is C21H22N2O5S. The van der Waals surface area contributed by atoms with Crippen molar-refractivity contribution in [2.75, 3.05) is 33.6 Å². The minimum absolute atomic E-state index is 0.0200. The first kappa shape index (κ1) is 20.6. The zero-order valence-electron chi connectivity index (χ0n) is 16.6. The Morgan fingerprint density at radius 1 is 0.897 bits per heavy atom. The van der Waals surface area contributed by atoms with Gasteiger partial charge in [-0.2, -0.15) is 0 Å². The monoisotopic (exact) mass is 414 g/mol. The molecule has 7 nitrogen and oxygen atoms in total. The molecule has 0 aliphatic heterocycles. The van der Waals surface area contributed by atoms with Crippen molar-refractivity contribution >= 4 is 32.4 Å². The van der Waals surface area contributed by atoms with Crippen molar-refractivity contribution < 1.29 is 22.7 Å². The second-order valence-corrected chi connectivity index (χ2v) is 8.66. The molecule has 0 spiro atoms. The van der Waals surface area contributed by atoms with Gasteiger partial charge in [-0.3, -0.25) is 4.79 Å². The number of sulfonamides is 1. The Labute approximate surface area is 169 Å². The summed E-state index contributed by atoms with van der Waals surface area (Å²) in [6, 6.07) is 15.4. The van der Waals surface area contributed by atoms with Gasteiger partial charge in [0.05, 0.1) is 14.2 Å². The van der Waals surface area contributed by atoms with Gasteiger partial charge in [0.15, 0.2) is 0 Å². The number of rotatable bonds is 6. The minimum Gasteiger partial charge on any atom is -0.497 e. The molecule has 0 aliphatic carbocycles. The van der Waals surface area contributed by atoms with Crippen LogP contribution in [0.5, 0.6) is 11.5 Å². The second kappa shape index (κ2) is 8.10. The fourth-order valence-corrected chi connectivity index (χ4v) is 3.92. The van der Waals surface area contributed by atoms with E-state index in [-0.39, 0.29) is 16.6 Å². The van der Waals surface area contributed by atoms with E-state index >= 15 is 0 Å². The Bertz CT molecular complexity index is 1170. The number of benzene rings is 3. The number of fused-ring (bicyclic) bond motifs is 1. The number of carbonyl (C=O) groups is 1. The Kier molecular flexibility index (Phi) is 5.76. The molecule has 0 bridgehead atoms. The minimum atomic E-state index is -3.73. The maximum atomic E-state index is 12.7. The van der Waals surface area contributed by atoms with Crippen LogP contribution < -0.4 is 14.8 Å². The van der Waals surface area contributed by atoms with Gasteiger partial charge in [-0.15, -0.1) is 0 Å². The highest BCUT2D eigenvalue weighted by molar-refractivity contribution is 7.89. The summed E-state index contributed by atoms with van der Waals surface area (Å²) in [7, 11) is 2.13. The maximum Gasteiger partial charge on any atom is 0.255 e. The number of carbonyl (C=O) groups excluding carboxylic acids is 1. The molecular weight excluding hydrogens is 392 g/mol. The van der Waals surface area contributed by atoms with Crippen LogP contribution in [-0.2, 0) is 10.0 Å². The molecule has 152 valence electrons. The number of methoxy groups -OCH3 is 2. The summed E-state index contributed by atoms with van der Waals surface area (Å²) in [5, 5.41) is 4.59. The molecule has 0 fully saturated rings. The van der Waals surface area contributed by atoms with Crippen LogP contribution in [0.25, 0.3) is 10.8 Å². The van der Waals surface area contributed by atoms with Crippen molar-refractivity contribution in [1.29, 1.82) is 0 Å². The number of hydrogen-bond donors (Lipinski definition) is 1. The van der Waals surface area contributed by atoms with Crippen LogP contribution in [0.4, 0.5) is 5.69 Å². The number of anilines is 1. The highest BCUT2D eigenvalue weighted by Crippen LogP contribution is 2.29. The van der Waals surface area contributed by atoms with Crippen LogP contribution in [0, 0.1) is 0 Å². The fourth-order valence-electron chi connectivity index (χ4n) is 2.85. The normalized spacial score (nSPS) is 11.5. The van der Waals surface area contributed by atoms with E-state index in [9.17, 15) is 13.2 Å². The highest BCUT2D eigenvalue weighted by Gasteiger charge is 2.23. The lowest BCUT2D eigenvalue weighted by molar-refractivity contribution is 0.102. The first-order chi connectivity index (χ1) is 13.8. The molecule has 0 heterocycles. The molecule has 3 rings (SSSR count). The summed E-state index contributed by atoms with van der Waals surface area (Å²) in [6.45, 7) is 0. The lowest BCUT2D eigenvalue weighted by Gasteiger charge is -2.16. The van der Waals surface area contributed by atoms with Gasteiger partial charge in [-0.05, 0) is 53.2 Å². The van der Waals surface area contributed by atoms with E-state index in [2.05, 4.69) is 5.32 Å². The molecule has 29 heavy (non-hydrogen) atoms. The van der Waals surface area contributed by atoms with Gasteiger partial charge in [0, 0.05) is 25.3 Å². The van der Waals surface area contributed by atoms with Crippen molar-refractivity contribution in [3.8, 4) is 11.5 Å². The zero-order valence-corrected chi connectivity index (χ0v) is 17.4. The lowest BCUT2D eigenvalue weighted by atomic mass is 10.1. The van der Waals surface area contributed by atoms with Gasteiger partial charge >= 0.3 is 0 Å². The molecule has 0 saturated heterocycles. The SMILES string of the molecule is COc1ccc2cc(C(=O)Nc3ccc(OC)c(S(=O)(=O)N(C)C)c3)ccc2c1. The highest BCUT2D eigenvalue weighted by atomic mass is 32.2. The molecule has 0 atom stereocenters. The molecule has 3 aromatic carbocycles. The summed E-state index contributed by atoms with van der Waals surface area (Å²) in [5.74, 6) is 0.597. The molecule has 3 aromatic rings. The molecule has 0 radical (unpaired) electrons. The third-order valence-electron chi connectivity index (χ3n) is 4.49. The van der Waals surface area contributed by atoms with Crippen molar-refractivity contribution in [3.05, 3.63) is 60.2 Å². The van der Waals surface area contributed by atoms with Crippen LogP contribution in [0.2, 0.25) is 0 Å². The predicted octanol–water partition coefficient (Wildman–Crippen LogP) is 3.36. The van der Waals surface area contributed by atoms with Gasteiger partial charge < -0.3 is 14.8 Å². The molecule has 0 aliphatic rings. The molecule has 0 unspecified atom stereocenters. The van der Waals surface area contributed by atoms with Crippen LogP contribution in [-0.4, -0.2) is 46.9 Å². The Hall–Kier alpha value is -3.10. The van der Waals surface area contributed by atoms with Gasteiger partial charge in [-0.1, -0.05) is 12.1 Å². The summed E-state index contributed by atoms with van der Waals surface area (Å²) in [5.41, 5.74) is 0.807. The topological polar surface area (TPSA) is 84.9 Å². The quantitative estimate of drug-likeness (QED) is 0.669. The van der Waals surface area contributed by atoms with E-state index in [1.807, 2.05) is 24.3 Å². The molecule has 8 heteroatoms. The number of ether oxygens (including phenoxy) is 2. The maximum absolute atomic E-state index is 12.7. The summed E-state index contributed by atoms with van der Waals surface area (Å²) in [4.78, 5) is 12.7. The van der Waals surface area contributed by atoms with Gasteiger partial charge in [-0.25, -0.2) is 12.7 Å². The fraction of sp³-hybridized carbons (Fsp3) is 0.190. The average Bonchev–Trinajstić information content (AvgIpc) is 2.72. The summed E-state index contributed by atoms with van der Waals surface area (Å²) in [6.07, 6.45) is 0. The van der Waals surface area contributed by atoms with E-state index < -0.39 is 10.0 Å². The Balaban J connectivity index is 1.92. The largest absolute Gasteiger partial charge is 0.497 e. The molecule has 0 saturated carbocycles. The van der Waals surface area contributed by atoms with E-state index in [1.54, 1.807) is 25.3 Å². The van der Waals surface area contributed by atoms with E-state index in [0.29, 0.717) is 11.3 Å². The standard InChI is InChI=1S/C21H22N2O5S/c1-23(2)29(25,26)20-13-17(8-10-19(20)28-4)22-21(24)16-6-5-15-12-18(27-3)9-7-14(15)11-16/h5-13H,1-4H3,(H,22,24). The molecule has 1 amide bonds. The second-order valence-electron chi connectivity index (χ2n) is 6.54. The smallest absolute Gasteiger partial charge is 0.255 e. The average molecular weight is 414 g/mol. The van der Waals surface area contributed by atoms with Crippen molar-refractivity contribution in [3.63, 3.8) is 0 Å². The molecule has 0 aromatic heterocycles. The van der Waals surface area contributed by atoms with E-state index in [4.69, 9.17) is 9.47 Å². The third-order valence-corrected chi connectivity index (χ3v) is 6.33. The van der Waals surface area contributed by atoms with Crippen molar-refractivity contribution in [2.24, 2.45) is 0 Å². The van der Waals surface area contributed by atoms with Crippen LogP contribution in [0.15, 0.2) is 59.5 Å².